The zero-order chi connectivity index (χ0) is 21.3. The predicted molar refractivity (Wildman–Crippen MR) is 116 cm³/mol. The van der Waals surface area contributed by atoms with Gasteiger partial charge in [-0.2, -0.15) is 0 Å². The molecule has 0 saturated heterocycles. The van der Waals surface area contributed by atoms with Crippen molar-refractivity contribution in [2.45, 2.75) is 38.2 Å². The third-order valence-corrected chi connectivity index (χ3v) is 5.66. The smallest absolute Gasteiger partial charge is 0.258 e. The third kappa shape index (κ3) is 4.00. The molecule has 0 unspecified atom stereocenters. The Kier molecular flexibility index (Phi) is 5.67. The lowest BCUT2D eigenvalue weighted by Crippen LogP contribution is -2.17. The average molecular weight is 424 g/mol. The van der Waals surface area contributed by atoms with Gasteiger partial charge in [-0.15, -0.1) is 10.2 Å². The third-order valence-electron chi connectivity index (χ3n) is 4.66. The van der Waals surface area contributed by atoms with E-state index >= 15 is 0 Å². The first-order chi connectivity index (χ1) is 14.4. The van der Waals surface area contributed by atoms with E-state index < -0.39 is 0 Å². The Morgan fingerprint density at radius 1 is 1.10 bits per heavy atom. The van der Waals surface area contributed by atoms with Crippen LogP contribution < -0.4 is 5.56 Å². The zero-order valence-electron chi connectivity index (χ0n) is 17.0. The molecule has 0 amide bonds. The number of halogens is 1. The van der Waals surface area contributed by atoms with E-state index in [1.165, 1.54) is 17.8 Å². The number of benzene rings is 1. The fourth-order valence-corrected chi connectivity index (χ4v) is 4.18. The zero-order valence-corrected chi connectivity index (χ0v) is 17.9. The molecule has 8 heteroatoms. The molecule has 0 saturated carbocycles. The Morgan fingerprint density at radius 3 is 2.67 bits per heavy atom. The molecule has 154 valence electrons. The van der Waals surface area contributed by atoms with Crippen LogP contribution in [0.4, 0.5) is 4.39 Å². The van der Waals surface area contributed by atoms with Crippen LogP contribution in [-0.4, -0.2) is 24.1 Å². The van der Waals surface area contributed by atoms with E-state index in [1.54, 1.807) is 28.7 Å². The minimum absolute atomic E-state index is 0.107. The number of hydrogen-bond donors (Lipinski definition) is 0. The molecule has 3 aromatic heterocycles. The molecule has 0 aliphatic carbocycles. The van der Waals surface area contributed by atoms with E-state index in [4.69, 9.17) is 0 Å². The minimum atomic E-state index is -0.328. The Bertz CT molecular complexity index is 1260. The van der Waals surface area contributed by atoms with Gasteiger partial charge in [0.2, 0.25) is 0 Å². The van der Waals surface area contributed by atoms with Crippen LogP contribution in [0.5, 0.6) is 0 Å². The molecule has 0 spiro atoms. The summed E-state index contributed by atoms with van der Waals surface area (Å²) in [7, 11) is 0. The number of aromatic nitrogens is 5. The summed E-state index contributed by atoms with van der Waals surface area (Å²) >= 11 is 1.44. The van der Waals surface area contributed by atoms with Crippen LogP contribution in [0, 0.1) is 18.7 Å². The van der Waals surface area contributed by atoms with Crippen molar-refractivity contribution in [3.8, 4) is 11.4 Å². The van der Waals surface area contributed by atoms with Gasteiger partial charge >= 0.3 is 0 Å². The van der Waals surface area contributed by atoms with Gasteiger partial charge in [0.25, 0.3) is 5.56 Å². The van der Waals surface area contributed by atoms with Gasteiger partial charge < -0.3 is 4.57 Å². The van der Waals surface area contributed by atoms with Crippen molar-refractivity contribution >= 4 is 17.4 Å². The van der Waals surface area contributed by atoms with Crippen molar-refractivity contribution in [3.05, 3.63) is 76.1 Å². The normalized spacial score (nSPS) is 11.5. The molecule has 0 atom stereocenters. The molecule has 6 nitrogen and oxygen atoms in total. The molecule has 0 radical (unpaired) electrons. The molecule has 30 heavy (non-hydrogen) atoms. The van der Waals surface area contributed by atoms with Crippen LogP contribution in [0.1, 0.15) is 25.2 Å². The van der Waals surface area contributed by atoms with Gasteiger partial charge in [-0.3, -0.25) is 9.20 Å². The maximum atomic E-state index is 14.3. The molecule has 3 heterocycles. The summed E-state index contributed by atoms with van der Waals surface area (Å²) in [5.74, 6) is 0.975. The van der Waals surface area contributed by atoms with Crippen LogP contribution in [-0.2, 0) is 12.3 Å². The Hall–Kier alpha value is -3.00. The molecule has 0 bridgehead atoms. The minimum Gasteiger partial charge on any atom is -0.302 e. The topological polar surface area (TPSA) is 65.1 Å². The summed E-state index contributed by atoms with van der Waals surface area (Å²) in [6.07, 6.45) is 0. The molecule has 0 aliphatic heterocycles. The van der Waals surface area contributed by atoms with E-state index in [-0.39, 0.29) is 11.4 Å². The number of fused-ring (bicyclic) bond motifs is 1. The predicted octanol–water partition coefficient (Wildman–Crippen LogP) is 4.35. The van der Waals surface area contributed by atoms with E-state index in [0.717, 1.165) is 5.69 Å². The molecule has 0 fully saturated rings. The van der Waals surface area contributed by atoms with Gasteiger partial charge in [0.1, 0.15) is 11.5 Å². The van der Waals surface area contributed by atoms with Gasteiger partial charge in [-0.25, -0.2) is 9.37 Å². The highest BCUT2D eigenvalue weighted by Gasteiger charge is 2.18. The second-order valence-electron chi connectivity index (χ2n) is 7.53. The number of thioether (sulfide) groups is 1. The summed E-state index contributed by atoms with van der Waals surface area (Å²) in [5.41, 5.74) is 2.45. The number of pyridine rings is 1. The lowest BCUT2D eigenvalue weighted by molar-refractivity contribution is 0.496. The molecule has 0 N–H and O–H groups in total. The number of nitrogens with zero attached hydrogens (tertiary/aromatic N) is 5. The first-order valence-electron chi connectivity index (χ1n) is 9.73. The fraction of sp³-hybridized carbons (Fsp3) is 0.273. The van der Waals surface area contributed by atoms with Crippen molar-refractivity contribution < 1.29 is 4.39 Å². The lowest BCUT2D eigenvalue weighted by Gasteiger charge is -2.13. The van der Waals surface area contributed by atoms with Gasteiger partial charge in [0, 0.05) is 24.1 Å². The van der Waals surface area contributed by atoms with Crippen molar-refractivity contribution in [1.82, 2.24) is 24.1 Å². The Labute approximate surface area is 177 Å². The SMILES string of the molecule is Cc1cccc2nc(CSc3nnc(-c4ccccc4F)n3CC(C)C)cc(=O)n12. The second kappa shape index (κ2) is 8.39. The molecule has 0 aliphatic rings. The number of hydrogen-bond acceptors (Lipinski definition) is 5. The highest BCUT2D eigenvalue weighted by molar-refractivity contribution is 7.98. The van der Waals surface area contributed by atoms with E-state index in [2.05, 4.69) is 29.0 Å². The van der Waals surface area contributed by atoms with Crippen LogP contribution in [0.25, 0.3) is 17.0 Å². The lowest BCUT2D eigenvalue weighted by atomic mass is 10.2. The quantitative estimate of drug-likeness (QED) is 0.432. The summed E-state index contributed by atoms with van der Waals surface area (Å²) in [4.78, 5) is 17.1. The maximum absolute atomic E-state index is 14.3. The largest absolute Gasteiger partial charge is 0.302 e. The van der Waals surface area contributed by atoms with E-state index in [1.807, 2.05) is 29.7 Å². The van der Waals surface area contributed by atoms with Crippen molar-refractivity contribution in [2.75, 3.05) is 0 Å². The molecule has 4 aromatic rings. The van der Waals surface area contributed by atoms with E-state index in [0.29, 0.717) is 46.1 Å². The van der Waals surface area contributed by atoms with Crippen LogP contribution >= 0.6 is 11.8 Å². The molecular formula is C22H22FN5OS. The highest BCUT2D eigenvalue weighted by Crippen LogP contribution is 2.28. The summed E-state index contributed by atoms with van der Waals surface area (Å²) in [6.45, 7) is 6.72. The molecule has 4 rings (SSSR count). The molecule has 1 aromatic carbocycles. The first-order valence-corrected chi connectivity index (χ1v) is 10.7. The summed E-state index contributed by atoms with van der Waals surface area (Å²) in [6, 6.07) is 13.7. The number of rotatable bonds is 6. The standard InChI is InChI=1S/C22H22FN5OS/c1-14(2)12-27-21(17-8-4-5-9-18(17)23)25-26-22(27)30-13-16-11-20(29)28-15(3)7-6-10-19(28)24-16/h4-11,14H,12-13H2,1-3H3. The van der Waals surface area contributed by atoms with Crippen LogP contribution in [0.2, 0.25) is 0 Å². The van der Waals surface area contributed by atoms with Gasteiger partial charge in [-0.05, 0) is 37.1 Å². The van der Waals surface area contributed by atoms with Crippen molar-refractivity contribution in [2.24, 2.45) is 5.92 Å². The second-order valence-corrected chi connectivity index (χ2v) is 8.47. The van der Waals surface area contributed by atoms with Gasteiger partial charge in [0.15, 0.2) is 11.0 Å². The Balaban J connectivity index is 1.66. The maximum Gasteiger partial charge on any atom is 0.258 e. The van der Waals surface area contributed by atoms with Crippen molar-refractivity contribution in [3.63, 3.8) is 0 Å². The highest BCUT2D eigenvalue weighted by atomic mass is 32.2. The van der Waals surface area contributed by atoms with Crippen LogP contribution in [0.3, 0.4) is 0 Å². The first kappa shape index (κ1) is 20.3. The van der Waals surface area contributed by atoms with E-state index in [9.17, 15) is 9.18 Å². The van der Waals surface area contributed by atoms with Gasteiger partial charge in [0.05, 0.1) is 11.3 Å². The molecular weight excluding hydrogens is 401 g/mol. The number of aryl methyl sites for hydroxylation is 1. The summed E-state index contributed by atoms with van der Waals surface area (Å²) < 4.78 is 17.9. The summed E-state index contributed by atoms with van der Waals surface area (Å²) in [5, 5.41) is 9.23. The van der Waals surface area contributed by atoms with Gasteiger partial charge in [-0.1, -0.05) is 43.8 Å². The Morgan fingerprint density at radius 2 is 1.90 bits per heavy atom. The fourth-order valence-electron chi connectivity index (χ4n) is 3.34. The van der Waals surface area contributed by atoms with Crippen LogP contribution in [0.15, 0.2) is 58.5 Å². The monoisotopic (exact) mass is 423 g/mol. The van der Waals surface area contributed by atoms with Crippen molar-refractivity contribution in [1.29, 1.82) is 0 Å². The average Bonchev–Trinajstić information content (AvgIpc) is 3.08.